The molecule has 1 aromatic heterocycles. The summed E-state index contributed by atoms with van der Waals surface area (Å²) in [5, 5.41) is 6.42. The summed E-state index contributed by atoms with van der Waals surface area (Å²) in [7, 11) is 0. The molecule has 2 amide bonds. The molecular weight excluding hydrogens is 394 g/mol. The van der Waals surface area contributed by atoms with Gasteiger partial charge in [0.1, 0.15) is 0 Å². The Bertz CT molecular complexity index is 1180. The minimum Gasteiger partial charge on any atom is -0.452 e. The predicted molar refractivity (Wildman–Crippen MR) is 117 cm³/mol. The molecule has 0 radical (unpaired) electrons. The number of benzene rings is 2. The summed E-state index contributed by atoms with van der Waals surface area (Å²) in [4.78, 5) is 41.9. The lowest BCUT2D eigenvalue weighted by Crippen LogP contribution is -2.28. The zero-order valence-electron chi connectivity index (χ0n) is 17.4. The number of carbonyl (C=O) groups excluding carboxylic acids is 3. The van der Waals surface area contributed by atoms with E-state index in [1.807, 2.05) is 31.2 Å². The topological polar surface area (TPSA) is 97.4 Å². The molecular formula is C24H23N3O4. The average Bonchev–Trinajstić information content (AvgIpc) is 3.56. The van der Waals surface area contributed by atoms with Crippen molar-refractivity contribution in [2.45, 2.75) is 32.7 Å². The monoisotopic (exact) mass is 417 g/mol. The Morgan fingerprint density at radius 2 is 1.74 bits per heavy atom. The highest BCUT2D eigenvalue weighted by Crippen LogP contribution is 2.24. The lowest BCUT2D eigenvalue weighted by molar-refractivity contribution is -0.119. The van der Waals surface area contributed by atoms with Gasteiger partial charge in [-0.3, -0.25) is 14.6 Å². The van der Waals surface area contributed by atoms with Crippen molar-refractivity contribution in [3.8, 4) is 0 Å². The summed E-state index contributed by atoms with van der Waals surface area (Å²) in [6.07, 6.45) is 1.94. The Kier molecular flexibility index (Phi) is 5.66. The largest absolute Gasteiger partial charge is 0.452 e. The predicted octanol–water partition coefficient (Wildman–Crippen LogP) is 3.54. The molecule has 4 rings (SSSR count). The van der Waals surface area contributed by atoms with Gasteiger partial charge in [-0.05, 0) is 50.5 Å². The number of nitrogens with zero attached hydrogens (tertiary/aromatic N) is 1. The molecule has 0 aliphatic heterocycles. The molecule has 1 saturated carbocycles. The van der Waals surface area contributed by atoms with E-state index in [4.69, 9.17) is 4.74 Å². The summed E-state index contributed by atoms with van der Waals surface area (Å²) >= 11 is 0. The van der Waals surface area contributed by atoms with E-state index in [0.717, 1.165) is 29.3 Å². The number of aryl methyl sites for hydroxylation is 2. The first kappa shape index (κ1) is 20.5. The molecule has 1 heterocycles. The standard InChI is InChI=1S/C24H23N3O4/c1-14-17-7-3-5-9-19(17)25-15(2)22(14)24(30)31-13-21(28)27-20-10-6-4-8-18(20)23(29)26-16-11-12-16/h3-10,16H,11-13H2,1-2H3,(H,26,29)(H,27,28). The fraction of sp³-hybridized carbons (Fsp3) is 0.250. The first-order valence-corrected chi connectivity index (χ1v) is 10.2. The van der Waals surface area contributed by atoms with Gasteiger partial charge in [0.25, 0.3) is 11.8 Å². The van der Waals surface area contributed by atoms with Crippen LogP contribution in [0.15, 0.2) is 48.5 Å². The van der Waals surface area contributed by atoms with Crippen LogP contribution in [0, 0.1) is 13.8 Å². The van der Waals surface area contributed by atoms with Gasteiger partial charge in [-0.2, -0.15) is 0 Å². The summed E-state index contributed by atoms with van der Waals surface area (Å²) in [6.45, 7) is 3.11. The molecule has 31 heavy (non-hydrogen) atoms. The third-order valence-electron chi connectivity index (χ3n) is 5.23. The van der Waals surface area contributed by atoms with Crippen LogP contribution in [0.3, 0.4) is 0 Å². The van der Waals surface area contributed by atoms with E-state index in [1.165, 1.54) is 0 Å². The Balaban J connectivity index is 1.43. The third-order valence-corrected chi connectivity index (χ3v) is 5.23. The highest BCUT2D eigenvalue weighted by molar-refractivity contribution is 6.05. The third kappa shape index (κ3) is 4.55. The number of carbonyl (C=O) groups is 3. The van der Waals surface area contributed by atoms with Gasteiger partial charge in [0.2, 0.25) is 0 Å². The van der Waals surface area contributed by atoms with Crippen molar-refractivity contribution < 1.29 is 19.1 Å². The molecule has 1 aliphatic rings. The summed E-state index contributed by atoms with van der Waals surface area (Å²) < 4.78 is 5.26. The molecule has 7 heteroatoms. The van der Waals surface area contributed by atoms with Crippen molar-refractivity contribution in [2.24, 2.45) is 0 Å². The van der Waals surface area contributed by atoms with Crippen LogP contribution in [0.5, 0.6) is 0 Å². The van der Waals surface area contributed by atoms with Crippen molar-refractivity contribution >= 4 is 34.4 Å². The van der Waals surface area contributed by atoms with Crippen LogP contribution >= 0.6 is 0 Å². The Morgan fingerprint density at radius 3 is 2.52 bits per heavy atom. The van der Waals surface area contributed by atoms with Gasteiger partial charge in [0.05, 0.1) is 28.0 Å². The van der Waals surface area contributed by atoms with Crippen LogP contribution in [0.2, 0.25) is 0 Å². The number of hydrogen-bond acceptors (Lipinski definition) is 5. The molecule has 0 unspecified atom stereocenters. The SMILES string of the molecule is Cc1nc2ccccc2c(C)c1C(=O)OCC(=O)Nc1ccccc1C(=O)NC1CC1. The first-order valence-electron chi connectivity index (χ1n) is 10.2. The minimum absolute atomic E-state index is 0.208. The zero-order valence-corrected chi connectivity index (χ0v) is 17.4. The number of nitrogens with one attached hydrogen (secondary N) is 2. The average molecular weight is 417 g/mol. The number of esters is 1. The Morgan fingerprint density at radius 1 is 1.03 bits per heavy atom. The van der Waals surface area contributed by atoms with E-state index in [0.29, 0.717) is 22.5 Å². The van der Waals surface area contributed by atoms with Crippen LogP contribution in [0.1, 0.15) is 44.8 Å². The number of fused-ring (bicyclic) bond motifs is 1. The summed E-state index contributed by atoms with van der Waals surface area (Å²) in [5.41, 5.74) is 3.21. The second-order valence-corrected chi connectivity index (χ2v) is 7.63. The van der Waals surface area contributed by atoms with Crippen LogP contribution in [-0.4, -0.2) is 35.4 Å². The lowest BCUT2D eigenvalue weighted by Gasteiger charge is -2.13. The van der Waals surface area contributed by atoms with Crippen molar-refractivity contribution in [1.82, 2.24) is 10.3 Å². The van der Waals surface area contributed by atoms with Gasteiger partial charge in [-0.25, -0.2) is 4.79 Å². The maximum Gasteiger partial charge on any atom is 0.340 e. The lowest BCUT2D eigenvalue weighted by atomic mass is 10.0. The van der Waals surface area contributed by atoms with Crippen LogP contribution < -0.4 is 10.6 Å². The number of amides is 2. The Hall–Kier alpha value is -3.74. The van der Waals surface area contributed by atoms with E-state index >= 15 is 0 Å². The molecule has 2 aromatic carbocycles. The molecule has 0 atom stereocenters. The summed E-state index contributed by atoms with van der Waals surface area (Å²) in [5.74, 6) is -1.36. The normalized spacial score (nSPS) is 13.0. The number of anilines is 1. The minimum atomic E-state index is -0.608. The number of pyridine rings is 1. The second kappa shape index (κ2) is 8.55. The number of ether oxygens (including phenoxy) is 1. The van der Waals surface area contributed by atoms with E-state index in [-0.39, 0.29) is 11.9 Å². The smallest absolute Gasteiger partial charge is 0.340 e. The van der Waals surface area contributed by atoms with E-state index < -0.39 is 18.5 Å². The van der Waals surface area contributed by atoms with Crippen molar-refractivity contribution in [2.75, 3.05) is 11.9 Å². The number of aromatic nitrogens is 1. The zero-order chi connectivity index (χ0) is 22.0. The fourth-order valence-electron chi connectivity index (χ4n) is 3.50. The van der Waals surface area contributed by atoms with E-state index in [1.54, 1.807) is 31.2 Å². The fourth-order valence-corrected chi connectivity index (χ4v) is 3.50. The highest BCUT2D eigenvalue weighted by Gasteiger charge is 2.25. The number of rotatable bonds is 6. The first-order chi connectivity index (χ1) is 14.9. The van der Waals surface area contributed by atoms with Crippen molar-refractivity contribution in [3.05, 3.63) is 70.9 Å². The number of hydrogen-bond donors (Lipinski definition) is 2. The quantitative estimate of drug-likeness (QED) is 0.598. The molecule has 0 saturated heterocycles. The Labute approximate surface area is 179 Å². The van der Waals surface area contributed by atoms with Crippen molar-refractivity contribution in [1.29, 1.82) is 0 Å². The molecule has 1 fully saturated rings. The van der Waals surface area contributed by atoms with Gasteiger partial charge >= 0.3 is 5.97 Å². The van der Waals surface area contributed by atoms with Crippen LogP contribution in [0.4, 0.5) is 5.69 Å². The molecule has 0 spiro atoms. The number of para-hydroxylation sites is 2. The molecule has 158 valence electrons. The van der Waals surface area contributed by atoms with E-state index in [9.17, 15) is 14.4 Å². The van der Waals surface area contributed by atoms with Crippen LogP contribution in [-0.2, 0) is 9.53 Å². The molecule has 1 aliphatic carbocycles. The van der Waals surface area contributed by atoms with Gasteiger partial charge in [-0.1, -0.05) is 30.3 Å². The molecule has 0 bridgehead atoms. The van der Waals surface area contributed by atoms with E-state index in [2.05, 4.69) is 15.6 Å². The van der Waals surface area contributed by atoms with Crippen LogP contribution in [0.25, 0.3) is 10.9 Å². The van der Waals surface area contributed by atoms with Gasteiger partial charge in [-0.15, -0.1) is 0 Å². The maximum absolute atomic E-state index is 12.7. The molecule has 3 aromatic rings. The highest BCUT2D eigenvalue weighted by atomic mass is 16.5. The van der Waals surface area contributed by atoms with Gasteiger partial charge < -0.3 is 15.4 Å². The van der Waals surface area contributed by atoms with Gasteiger partial charge in [0, 0.05) is 11.4 Å². The second-order valence-electron chi connectivity index (χ2n) is 7.63. The molecule has 7 nitrogen and oxygen atoms in total. The molecule has 2 N–H and O–H groups in total. The van der Waals surface area contributed by atoms with Gasteiger partial charge in [0.15, 0.2) is 6.61 Å². The maximum atomic E-state index is 12.7. The van der Waals surface area contributed by atoms with Crippen molar-refractivity contribution in [3.63, 3.8) is 0 Å². The summed E-state index contributed by atoms with van der Waals surface area (Å²) in [6, 6.07) is 14.5.